The van der Waals surface area contributed by atoms with Crippen molar-refractivity contribution in [3.63, 3.8) is 0 Å². The maximum absolute atomic E-state index is 14.5. The van der Waals surface area contributed by atoms with E-state index < -0.39 is 6.17 Å². The Balaban J connectivity index is 1.72. The number of alkyl halides is 1. The van der Waals surface area contributed by atoms with Crippen LogP contribution in [0.4, 0.5) is 10.1 Å². The highest BCUT2D eigenvalue weighted by atomic mass is 19.1. The molecule has 0 spiro atoms. The Kier molecular flexibility index (Phi) is 4.84. The molecule has 27 heavy (non-hydrogen) atoms. The smallest absolute Gasteiger partial charge is 0.240 e. The van der Waals surface area contributed by atoms with Crippen molar-refractivity contribution < 1.29 is 8.91 Å². The van der Waals surface area contributed by atoms with E-state index in [2.05, 4.69) is 33.0 Å². The summed E-state index contributed by atoms with van der Waals surface area (Å²) in [6.45, 7) is 4.38. The van der Waals surface area contributed by atoms with Crippen LogP contribution in [0.3, 0.4) is 0 Å². The summed E-state index contributed by atoms with van der Waals surface area (Å²) in [6.07, 6.45) is -0.115. The first kappa shape index (κ1) is 17.9. The number of fused-ring (bicyclic) bond motifs is 1. The fourth-order valence-corrected chi connectivity index (χ4v) is 3.80. The van der Waals surface area contributed by atoms with Gasteiger partial charge in [-0.05, 0) is 38.6 Å². The summed E-state index contributed by atoms with van der Waals surface area (Å²) in [5.41, 5.74) is 8.44. The molecule has 1 aliphatic heterocycles. The van der Waals surface area contributed by atoms with Crippen LogP contribution in [0.2, 0.25) is 0 Å². The molecule has 1 saturated heterocycles. The average molecular weight is 372 g/mol. The molecule has 0 unspecified atom stereocenters. The predicted octanol–water partition coefficient (Wildman–Crippen LogP) is 2.62. The van der Waals surface area contributed by atoms with Crippen LogP contribution in [0.5, 0.6) is 0 Å². The van der Waals surface area contributed by atoms with Crippen molar-refractivity contribution in [1.82, 2.24) is 19.6 Å². The van der Waals surface area contributed by atoms with Crippen molar-refractivity contribution in [2.45, 2.75) is 38.6 Å². The Hall–Kier alpha value is -2.45. The summed E-state index contributed by atoms with van der Waals surface area (Å²) in [4.78, 5) is 6.39. The number of hydrogen-bond acceptors (Lipinski definition) is 6. The Morgan fingerprint density at radius 1 is 1.41 bits per heavy atom. The number of likely N-dealkylation sites (tertiary alicyclic amines) is 1. The highest BCUT2D eigenvalue weighted by Gasteiger charge is 2.28. The van der Waals surface area contributed by atoms with Crippen molar-refractivity contribution in [2.24, 2.45) is 5.73 Å². The van der Waals surface area contributed by atoms with Gasteiger partial charge in [-0.1, -0.05) is 11.2 Å². The molecule has 144 valence electrons. The van der Waals surface area contributed by atoms with Crippen LogP contribution in [0.25, 0.3) is 22.4 Å². The number of nitrogens with zero attached hydrogens (tertiary/aromatic N) is 4. The third kappa shape index (κ3) is 3.30. The summed E-state index contributed by atoms with van der Waals surface area (Å²) in [6, 6.07) is 7.89. The largest absolute Gasteiger partial charge is 0.379 e. The Bertz CT molecular complexity index is 936. The first-order valence-corrected chi connectivity index (χ1v) is 9.35. The number of aromatic nitrogens is 3. The number of nitrogens with one attached hydrogen (secondary N) is 1. The van der Waals surface area contributed by atoms with Gasteiger partial charge in [0, 0.05) is 30.7 Å². The summed E-state index contributed by atoms with van der Waals surface area (Å²) < 4.78 is 21.8. The average Bonchev–Trinajstić information content (AvgIpc) is 3.28. The third-order valence-corrected chi connectivity index (χ3v) is 5.22. The van der Waals surface area contributed by atoms with Crippen molar-refractivity contribution >= 4 is 16.6 Å². The molecule has 2 atom stereocenters. The van der Waals surface area contributed by atoms with Gasteiger partial charge in [-0.25, -0.2) is 4.39 Å². The normalized spacial score (nSPS) is 21.0. The zero-order chi connectivity index (χ0) is 19.0. The van der Waals surface area contributed by atoms with Crippen molar-refractivity contribution in [3.8, 4) is 11.5 Å². The highest BCUT2D eigenvalue weighted by molar-refractivity contribution is 5.96. The summed E-state index contributed by atoms with van der Waals surface area (Å²) in [7, 11) is 1.96. The van der Waals surface area contributed by atoms with E-state index >= 15 is 0 Å². The molecule has 1 aliphatic rings. The van der Waals surface area contributed by atoms with Gasteiger partial charge in [-0.3, -0.25) is 0 Å². The van der Waals surface area contributed by atoms with Crippen LogP contribution >= 0.6 is 0 Å². The molecule has 8 heteroatoms. The molecule has 3 aromatic rings. The molecule has 7 nitrogen and oxygen atoms in total. The molecule has 4 rings (SSSR count). The molecular weight excluding hydrogens is 347 g/mol. The molecule has 2 aromatic heterocycles. The van der Waals surface area contributed by atoms with E-state index in [4.69, 9.17) is 10.3 Å². The predicted molar refractivity (Wildman–Crippen MR) is 103 cm³/mol. The second-order valence-corrected chi connectivity index (χ2v) is 7.05. The van der Waals surface area contributed by atoms with Gasteiger partial charge < -0.3 is 25.0 Å². The van der Waals surface area contributed by atoms with Crippen LogP contribution in [-0.2, 0) is 13.1 Å². The number of benzene rings is 1. The summed E-state index contributed by atoms with van der Waals surface area (Å²) in [5, 5.41) is 8.51. The van der Waals surface area contributed by atoms with Crippen molar-refractivity contribution in [1.29, 1.82) is 0 Å². The van der Waals surface area contributed by atoms with Gasteiger partial charge in [0.05, 0.1) is 23.8 Å². The van der Waals surface area contributed by atoms with Gasteiger partial charge in [-0.15, -0.1) is 0 Å². The van der Waals surface area contributed by atoms with E-state index in [-0.39, 0.29) is 12.6 Å². The van der Waals surface area contributed by atoms with Crippen molar-refractivity contribution in [2.75, 3.05) is 25.5 Å². The van der Waals surface area contributed by atoms with E-state index in [1.807, 2.05) is 30.1 Å². The van der Waals surface area contributed by atoms with E-state index in [1.165, 1.54) is 0 Å². The van der Waals surface area contributed by atoms with Crippen LogP contribution in [0.1, 0.15) is 19.2 Å². The molecule has 3 N–H and O–H groups in total. The monoisotopic (exact) mass is 372 g/mol. The lowest BCUT2D eigenvalue weighted by Crippen LogP contribution is -2.46. The first-order chi connectivity index (χ1) is 13.1. The number of anilines is 1. The molecule has 0 bridgehead atoms. The minimum atomic E-state index is -0.893. The van der Waals surface area contributed by atoms with Gasteiger partial charge >= 0.3 is 0 Å². The minimum Gasteiger partial charge on any atom is -0.379 e. The molecular formula is C19H25FN6O. The lowest BCUT2D eigenvalue weighted by atomic mass is 10.0. The van der Waals surface area contributed by atoms with Gasteiger partial charge in [0.15, 0.2) is 0 Å². The second-order valence-electron chi connectivity index (χ2n) is 7.05. The number of nitrogens with two attached hydrogens (primary N) is 1. The quantitative estimate of drug-likeness (QED) is 0.716. The van der Waals surface area contributed by atoms with E-state index in [1.54, 1.807) is 0 Å². The van der Waals surface area contributed by atoms with Gasteiger partial charge in [-0.2, -0.15) is 4.98 Å². The third-order valence-electron chi connectivity index (χ3n) is 5.22. The molecule has 1 fully saturated rings. The molecule has 1 aromatic carbocycles. The van der Waals surface area contributed by atoms with Crippen molar-refractivity contribution in [3.05, 3.63) is 30.2 Å². The number of piperidine rings is 1. The fraction of sp³-hybridized carbons (Fsp3) is 0.474. The fourth-order valence-electron chi connectivity index (χ4n) is 3.80. The van der Waals surface area contributed by atoms with E-state index in [0.29, 0.717) is 18.3 Å². The molecule has 3 heterocycles. The second kappa shape index (κ2) is 7.28. The molecule has 0 saturated carbocycles. The zero-order valence-electron chi connectivity index (χ0n) is 15.7. The number of halogens is 1. The van der Waals surface area contributed by atoms with Crippen LogP contribution in [0, 0.1) is 0 Å². The first-order valence-electron chi connectivity index (χ1n) is 9.35. The lowest BCUT2D eigenvalue weighted by molar-refractivity contribution is 0.149. The maximum Gasteiger partial charge on any atom is 0.240 e. The molecule has 0 amide bonds. The Labute approximate surface area is 157 Å². The van der Waals surface area contributed by atoms with E-state index in [9.17, 15) is 4.39 Å². The van der Waals surface area contributed by atoms with Gasteiger partial charge in [0.2, 0.25) is 11.7 Å². The highest BCUT2D eigenvalue weighted by Crippen LogP contribution is 2.32. The van der Waals surface area contributed by atoms with Gasteiger partial charge in [0.25, 0.3) is 0 Å². The molecule has 0 radical (unpaired) electrons. The van der Waals surface area contributed by atoms with Crippen LogP contribution in [0.15, 0.2) is 28.8 Å². The summed E-state index contributed by atoms with van der Waals surface area (Å²) >= 11 is 0. The van der Waals surface area contributed by atoms with Gasteiger partial charge in [0.1, 0.15) is 6.17 Å². The Morgan fingerprint density at radius 2 is 2.26 bits per heavy atom. The standard InChI is InChI=1S/C19H25FN6O/c1-3-26-16-6-4-5-14(22-15-7-8-25(2)11-13(15)20)12(16)9-17(26)19-23-18(10-21)27-24-19/h4-6,9,13,15,22H,3,7-8,10-11,21H2,1-2H3/t13-,15+/m0/s1. The minimum absolute atomic E-state index is 0.186. The number of rotatable bonds is 5. The zero-order valence-corrected chi connectivity index (χ0v) is 15.7. The number of hydrogen-bond donors (Lipinski definition) is 2. The Morgan fingerprint density at radius 3 is 2.96 bits per heavy atom. The molecule has 0 aliphatic carbocycles. The summed E-state index contributed by atoms with van der Waals surface area (Å²) in [5.74, 6) is 0.921. The SMILES string of the molecule is CCn1c(-c2noc(CN)n2)cc2c(N[C@@H]3CCN(C)C[C@@H]3F)cccc21. The van der Waals surface area contributed by atoms with Crippen LogP contribution in [-0.4, -0.2) is 52.0 Å². The van der Waals surface area contributed by atoms with Crippen LogP contribution < -0.4 is 11.1 Å². The van der Waals surface area contributed by atoms with E-state index in [0.717, 1.165) is 41.8 Å². The topological polar surface area (TPSA) is 85.1 Å². The lowest BCUT2D eigenvalue weighted by Gasteiger charge is -2.33. The maximum atomic E-state index is 14.5. The number of aryl methyl sites for hydroxylation is 1.